The number of hydrogen-bond donors (Lipinski definition) is 1. The van der Waals surface area contributed by atoms with Crippen molar-refractivity contribution >= 4 is 17.0 Å². The van der Waals surface area contributed by atoms with E-state index in [1.807, 2.05) is 0 Å². The van der Waals surface area contributed by atoms with E-state index in [4.69, 9.17) is 5.73 Å². The van der Waals surface area contributed by atoms with Gasteiger partial charge in [0.25, 0.3) is 0 Å². The van der Waals surface area contributed by atoms with Crippen LogP contribution in [0.1, 0.15) is 71.6 Å². The standard InChI is InChI=1S/C13H29N.BrH/c1-3-4-5-6-7-8-9-10-13(2)11-12-14;/h13H,3-12,14H2,1-2H3;1H. The Balaban J connectivity index is 0. The van der Waals surface area contributed by atoms with Gasteiger partial charge in [-0.1, -0.05) is 65.2 Å². The molecule has 0 saturated heterocycles. The maximum Gasteiger partial charge on any atom is -0.00747 e. The van der Waals surface area contributed by atoms with Crippen molar-refractivity contribution in [2.75, 3.05) is 6.54 Å². The molecule has 0 saturated carbocycles. The zero-order valence-electron chi connectivity index (χ0n) is 10.6. The van der Waals surface area contributed by atoms with Crippen LogP contribution in [0.4, 0.5) is 0 Å². The van der Waals surface area contributed by atoms with Crippen LogP contribution in [0, 0.1) is 5.92 Å². The first-order valence-electron chi connectivity index (χ1n) is 6.51. The molecule has 0 aliphatic rings. The fourth-order valence-electron chi connectivity index (χ4n) is 1.88. The number of halogens is 1. The first-order chi connectivity index (χ1) is 6.81. The SMILES string of the molecule is Br.CCCCCCCCCC(C)CCN. The molecule has 15 heavy (non-hydrogen) atoms. The molecule has 1 nitrogen and oxygen atoms in total. The van der Waals surface area contributed by atoms with Crippen LogP contribution in [0.3, 0.4) is 0 Å². The van der Waals surface area contributed by atoms with E-state index in [1.165, 1.54) is 57.8 Å². The lowest BCUT2D eigenvalue weighted by atomic mass is 9.99. The van der Waals surface area contributed by atoms with Crippen molar-refractivity contribution in [2.24, 2.45) is 11.7 Å². The van der Waals surface area contributed by atoms with E-state index < -0.39 is 0 Å². The van der Waals surface area contributed by atoms with Crippen LogP contribution in [0.5, 0.6) is 0 Å². The lowest BCUT2D eigenvalue weighted by Gasteiger charge is -2.08. The summed E-state index contributed by atoms with van der Waals surface area (Å²) in [5.74, 6) is 0.843. The van der Waals surface area contributed by atoms with Crippen LogP contribution in [-0.2, 0) is 0 Å². The molecule has 0 rings (SSSR count). The second-order valence-corrected chi connectivity index (χ2v) is 4.59. The summed E-state index contributed by atoms with van der Waals surface area (Å²) >= 11 is 0. The Morgan fingerprint density at radius 1 is 0.867 bits per heavy atom. The molecule has 1 unspecified atom stereocenters. The Bertz CT molecular complexity index is 107. The van der Waals surface area contributed by atoms with Gasteiger partial charge in [-0.2, -0.15) is 0 Å². The van der Waals surface area contributed by atoms with Crippen LogP contribution < -0.4 is 5.73 Å². The molecule has 2 N–H and O–H groups in total. The minimum Gasteiger partial charge on any atom is -0.330 e. The molecular weight excluding hydrogens is 250 g/mol. The number of rotatable bonds is 10. The van der Waals surface area contributed by atoms with Crippen molar-refractivity contribution in [3.63, 3.8) is 0 Å². The molecular formula is C13H30BrN. The molecule has 0 aromatic rings. The first-order valence-corrected chi connectivity index (χ1v) is 6.51. The van der Waals surface area contributed by atoms with Crippen molar-refractivity contribution in [1.82, 2.24) is 0 Å². The van der Waals surface area contributed by atoms with Gasteiger partial charge >= 0.3 is 0 Å². The third kappa shape index (κ3) is 14.4. The van der Waals surface area contributed by atoms with Crippen LogP contribution in [0.2, 0.25) is 0 Å². The molecule has 0 heterocycles. The van der Waals surface area contributed by atoms with Crippen molar-refractivity contribution in [3.8, 4) is 0 Å². The highest BCUT2D eigenvalue weighted by molar-refractivity contribution is 8.93. The third-order valence-corrected chi connectivity index (χ3v) is 2.96. The molecule has 0 aliphatic carbocycles. The van der Waals surface area contributed by atoms with Gasteiger partial charge in [0.05, 0.1) is 0 Å². The van der Waals surface area contributed by atoms with Crippen molar-refractivity contribution in [2.45, 2.75) is 71.6 Å². The van der Waals surface area contributed by atoms with Crippen LogP contribution >= 0.6 is 17.0 Å². The normalized spacial score (nSPS) is 12.2. The molecule has 0 bridgehead atoms. The maximum absolute atomic E-state index is 5.51. The lowest BCUT2D eigenvalue weighted by molar-refractivity contribution is 0.460. The lowest BCUT2D eigenvalue weighted by Crippen LogP contribution is -2.05. The summed E-state index contributed by atoms with van der Waals surface area (Å²) in [6, 6.07) is 0. The van der Waals surface area contributed by atoms with Crippen molar-refractivity contribution in [1.29, 1.82) is 0 Å². The van der Waals surface area contributed by atoms with Gasteiger partial charge in [-0.15, -0.1) is 17.0 Å². The van der Waals surface area contributed by atoms with Gasteiger partial charge in [0.1, 0.15) is 0 Å². The second-order valence-electron chi connectivity index (χ2n) is 4.59. The smallest absolute Gasteiger partial charge is 0.00747 e. The number of nitrogens with two attached hydrogens (primary N) is 1. The Morgan fingerprint density at radius 3 is 1.93 bits per heavy atom. The topological polar surface area (TPSA) is 26.0 Å². The first kappa shape index (κ1) is 17.8. The molecule has 0 aromatic carbocycles. The van der Waals surface area contributed by atoms with E-state index in [-0.39, 0.29) is 17.0 Å². The van der Waals surface area contributed by atoms with Crippen molar-refractivity contribution < 1.29 is 0 Å². The molecule has 0 spiro atoms. The Kier molecular flexibility index (Phi) is 17.2. The second kappa shape index (κ2) is 14.4. The fraction of sp³-hybridized carbons (Fsp3) is 1.00. The molecule has 0 radical (unpaired) electrons. The zero-order valence-corrected chi connectivity index (χ0v) is 12.3. The van der Waals surface area contributed by atoms with Gasteiger partial charge in [0.2, 0.25) is 0 Å². The summed E-state index contributed by atoms with van der Waals surface area (Å²) in [4.78, 5) is 0. The summed E-state index contributed by atoms with van der Waals surface area (Å²) in [5, 5.41) is 0. The molecule has 0 aliphatic heterocycles. The van der Waals surface area contributed by atoms with Gasteiger partial charge in [-0.25, -0.2) is 0 Å². The van der Waals surface area contributed by atoms with Gasteiger partial charge in [-0.3, -0.25) is 0 Å². The van der Waals surface area contributed by atoms with Gasteiger partial charge < -0.3 is 5.73 Å². The van der Waals surface area contributed by atoms with E-state index >= 15 is 0 Å². The fourth-order valence-corrected chi connectivity index (χ4v) is 1.88. The van der Waals surface area contributed by atoms with E-state index in [9.17, 15) is 0 Å². The average Bonchev–Trinajstić information content (AvgIpc) is 2.17. The zero-order chi connectivity index (χ0) is 10.6. The highest BCUT2D eigenvalue weighted by Crippen LogP contribution is 2.14. The number of unbranched alkanes of at least 4 members (excludes halogenated alkanes) is 6. The maximum atomic E-state index is 5.51. The van der Waals surface area contributed by atoms with E-state index in [1.54, 1.807) is 0 Å². The van der Waals surface area contributed by atoms with Crippen molar-refractivity contribution in [3.05, 3.63) is 0 Å². The molecule has 0 fully saturated rings. The Morgan fingerprint density at radius 2 is 1.40 bits per heavy atom. The summed E-state index contributed by atoms with van der Waals surface area (Å²) in [7, 11) is 0. The minimum atomic E-state index is 0. The average molecular weight is 280 g/mol. The number of hydrogen-bond acceptors (Lipinski definition) is 1. The molecule has 0 amide bonds. The van der Waals surface area contributed by atoms with Gasteiger partial charge in [0, 0.05) is 0 Å². The van der Waals surface area contributed by atoms with Gasteiger partial charge in [-0.05, 0) is 18.9 Å². The summed E-state index contributed by atoms with van der Waals surface area (Å²) in [6.45, 7) is 5.45. The largest absolute Gasteiger partial charge is 0.330 e. The molecule has 1 atom stereocenters. The van der Waals surface area contributed by atoms with Gasteiger partial charge in [0.15, 0.2) is 0 Å². The monoisotopic (exact) mass is 279 g/mol. The highest BCUT2D eigenvalue weighted by Gasteiger charge is 1.99. The predicted octanol–water partition coefficient (Wildman–Crippen LogP) is 4.69. The molecule has 94 valence electrons. The molecule has 0 aromatic heterocycles. The Hall–Kier alpha value is 0.440. The van der Waals surface area contributed by atoms with Crippen LogP contribution in [0.25, 0.3) is 0 Å². The predicted molar refractivity (Wildman–Crippen MR) is 75.8 cm³/mol. The minimum absolute atomic E-state index is 0. The quantitative estimate of drug-likeness (QED) is 0.577. The summed E-state index contributed by atoms with van der Waals surface area (Å²) in [5.41, 5.74) is 5.51. The van der Waals surface area contributed by atoms with Crippen LogP contribution in [-0.4, -0.2) is 6.54 Å². The van der Waals surface area contributed by atoms with E-state index in [0.717, 1.165) is 12.5 Å². The summed E-state index contributed by atoms with van der Waals surface area (Å²) in [6.07, 6.45) is 12.5. The highest BCUT2D eigenvalue weighted by atomic mass is 79.9. The summed E-state index contributed by atoms with van der Waals surface area (Å²) < 4.78 is 0. The third-order valence-electron chi connectivity index (χ3n) is 2.96. The van der Waals surface area contributed by atoms with Crippen LogP contribution in [0.15, 0.2) is 0 Å². The van der Waals surface area contributed by atoms with E-state index in [2.05, 4.69) is 13.8 Å². The van der Waals surface area contributed by atoms with E-state index in [0.29, 0.717) is 0 Å². The molecule has 2 heteroatoms. The Labute approximate surface area is 107 Å².